The Morgan fingerprint density at radius 3 is 2.54 bits per heavy atom. The van der Waals surface area contributed by atoms with E-state index in [1.165, 1.54) is 40.0 Å². The predicted octanol–water partition coefficient (Wildman–Crippen LogP) is 2.73. The number of nitrogens with one attached hydrogen (secondary N) is 2. The molecule has 1 aliphatic heterocycles. The summed E-state index contributed by atoms with van der Waals surface area (Å²) in [5.41, 5.74) is 0.908. The number of likely N-dealkylation sites (tertiary alicyclic amines) is 1. The highest BCUT2D eigenvalue weighted by Gasteiger charge is 2.17. The average molecular weight is 393 g/mol. The number of methoxy groups -OCH3 is 2. The van der Waals surface area contributed by atoms with Gasteiger partial charge in [0, 0.05) is 25.7 Å². The van der Waals surface area contributed by atoms with Gasteiger partial charge in [-0.2, -0.15) is 0 Å². The lowest BCUT2D eigenvalue weighted by Crippen LogP contribution is -2.41. The standard InChI is InChI=1S/C21H36N4O3/c1-5-22-21(23-10-8-12-25-11-7-6-9-16(25)2)24-15-17-13-18(27-3)20(26)19(14-17)28-4/h13-14,16,26H,5-12,15H2,1-4H3,(H2,22,23,24). The molecule has 158 valence electrons. The number of aliphatic imine (C=N–C) groups is 1. The van der Waals surface area contributed by atoms with Crippen LogP contribution in [0.4, 0.5) is 0 Å². The van der Waals surface area contributed by atoms with Gasteiger partial charge < -0.3 is 30.1 Å². The minimum absolute atomic E-state index is 0.00898. The molecule has 2 rings (SSSR count). The Kier molecular flexibility index (Phi) is 9.20. The van der Waals surface area contributed by atoms with E-state index in [4.69, 9.17) is 9.47 Å². The molecule has 1 heterocycles. The van der Waals surface area contributed by atoms with Crippen LogP contribution in [0.5, 0.6) is 17.2 Å². The van der Waals surface area contributed by atoms with Gasteiger partial charge in [-0.1, -0.05) is 6.42 Å². The number of hydrogen-bond acceptors (Lipinski definition) is 5. The molecule has 1 aromatic carbocycles. The summed E-state index contributed by atoms with van der Waals surface area (Å²) in [6.07, 6.45) is 5.09. The molecule has 1 unspecified atom stereocenters. The van der Waals surface area contributed by atoms with E-state index in [1.54, 1.807) is 12.1 Å². The van der Waals surface area contributed by atoms with Gasteiger partial charge in [-0.3, -0.25) is 0 Å². The Morgan fingerprint density at radius 2 is 1.93 bits per heavy atom. The number of phenols is 1. The first-order chi connectivity index (χ1) is 13.6. The molecule has 1 fully saturated rings. The normalized spacial score (nSPS) is 18.0. The van der Waals surface area contributed by atoms with Crippen molar-refractivity contribution in [1.29, 1.82) is 0 Å². The van der Waals surface area contributed by atoms with Crippen molar-refractivity contribution in [2.45, 2.75) is 52.1 Å². The molecule has 0 bridgehead atoms. The molecule has 0 saturated carbocycles. The molecule has 1 saturated heterocycles. The number of guanidine groups is 1. The fourth-order valence-corrected chi connectivity index (χ4v) is 3.53. The maximum atomic E-state index is 10.0. The molecule has 28 heavy (non-hydrogen) atoms. The fraction of sp³-hybridized carbons (Fsp3) is 0.667. The van der Waals surface area contributed by atoms with Crippen LogP contribution in [0.1, 0.15) is 45.1 Å². The largest absolute Gasteiger partial charge is 0.502 e. The van der Waals surface area contributed by atoms with Crippen molar-refractivity contribution < 1.29 is 14.6 Å². The van der Waals surface area contributed by atoms with Crippen LogP contribution in [0.25, 0.3) is 0 Å². The van der Waals surface area contributed by atoms with Gasteiger partial charge in [-0.05, 0) is 57.4 Å². The van der Waals surface area contributed by atoms with Crippen LogP contribution in [0.3, 0.4) is 0 Å². The van der Waals surface area contributed by atoms with E-state index in [1.807, 2.05) is 0 Å². The summed E-state index contributed by atoms with van der Waals surface area (Å²) in [7, 11) is 3.05. The summed E-state index contributed by atoms with van der Waals surface area (Å²) in [6, 6.07) is 4.26. The summed E-state index contributed by atoms with van der Waals surface area (Å²) >= 11 is 0. The molecule has 0 amide bonds. The number of hydrogen-bond donors (Lipinski definition) is 3. The zero-order valence-electron chi connectivity index (χ0n) is 17.8. The summed E-state index contributed by atoms with van der Waals surface area (Å²) < 4.78 is 10.4. The Bertz CT molecular complexity index is 611. The highest BCUT2D eigenvalue weighted by atomic mass is 16.5. The monoisotopic (exact) mass is 392 g/mol. The Labute approximate surface area is 169 Å². The van der Waals surface area contributed by atoms with E-state index < -0.39 is 0 Å². The van der Waals surface area contributed by atoms with Gasteiger partial charge >= 0.3 is 0 Å². The topological polar surface area (TPSA) is 78.4 Å². The number of rotatable bonds is 9. The Hall–Kier alpha value is -2.15. The number of ether oxygens (including phenoxy) is 2. The quantitative estimate of drug-likeness (QED) is 0.341. The second-order valence-corrected chi connectivity index (χ2v) is 7.21. The molecule has 0 aromatic heterocycles. The zero-order chi connectivity index (χ0) is 20.4. The van der Waals surface area contributed by atoms with E-state index in [0.717, 1.165) is 37.6 Å². The molecule has 7 heteroatoms. The van der Waals surface area contributed by atoms with Gasteiger partial charge in [0.15, 0.2) is 17.5 Å². The van der Waals surface area contributed by atoms with Crippen LogP contribution >= 0.6 is 0 Å². The van der Waals surface area contributed by atoms with Crippen molar-refractivity contribution in [1.82, 2.24) is 15.5 Å². The lowest BCUT2D eigenvalue weighted by Gasteiger charge is -2.33. The van der Waals surface area contributed by atoms with Crippen molar-refractivity contribution in [3.63, 3.8) is 0 Å². The molecule has 0 aliphatic carbocycles. The van der Waals surface area contributed by atoms with E-state index in [9.17, 15) is 5.11 Å². The van der Waals surface area contributed by atoms with Crippen LogP contribution in [-0.4, -0.2) is 62.4 Å². The molecule has 0 radical (unpaired) electrons. The van der Waals surface area contributed by atoms with Crippen LogP contribution in [0, 0.1) is 0 Å². The summed E-state index contributed by atoms with van der Waals surface area (Å²) in [4.78, 5) is 7.24. The molecular weight excluding hydrogens is 356 g/mol. The van der Waals surface area contributed by atoms with E-state index in [2.05, 4.69) is 34.4 Å². The molecule has 7 nitrogen and oxygen atoms in total. The van der Waals surface area contributed by atoms with E-state index >= 15 is 0 Å². The number of nitrogens with zero attached hydrogens (tertiary/aromatic N) is 2. The first-order valence-electron chi connectivity index (χ1n) is 10.3. The van der Waals surface area contributed by atoms with Gasteiger partial charge in [-0.15, -0.1) is 0 Å². The lowest BCUT2D eigenvalue weighted by molar-refractivity contribution is 0.159. The molecular formula is C21H36N4O3. The molecule has 1 atom stereocenters. The van der Waals surface area contributed by atoms with Gasteiger partial charge in [0.05, 0.1) is 20.8 Å². The van der Waals surface area contributed by atoms with Crippen molar-refractivity contribution >= 4 is 5.96 Å². The van der Waals surface area contributed by atoms with Crippen LogP contribution in [0.15, 0.2) is 17.1 Å². The molecule has 3 N–H and O–H groups in total. The Balaban J connectivity index is 1.89. The zero-order valence-corrected chi connectivity index (χ0v) is 17.8. The highest BCUT2D eigenvalue weighted by molar-refractivity contribution is 5.79. The molecule has 0 spiro atoms. The maximum absolute atomic E-state index is 10.0. The summed E-state index contributed by atoms with van der Waals surface area (Å²) in [6.45, 7) is 8.89. The average Bonchev–Trinajstić information content (AvgIpc) is 2.71. The third kappa shape index (κ3) is 6.48. The van der Waals surface area contributed by atoms with Gasteiger partial charge in [0.2, 0.25) is 5.75 Å². The smallest absolute Gasteiger partial charge is 0.200 e. The van der Waals surface area contributed by atoms with Crippen LogP contribution in [-0.2, 0) is 6.54 Å². The molecule has 1 aliphatic rings. The first-order valence-corrected chi connectivity index (χ1v) is 10.3. The van der Waals surface area contributed by atoms with Crippen molar-refractivity contribution in [2.75, 3.05) is 40.4 Å². The first kappa shape index (κ1) is 22.1. The maximum Gasteiger partial charge on any atom is 0.200 e. The van der Waals surface area contributed by atoms with Crippen molar-refractivity contribution in [2.24, 2.45) is 4.99 Å². The number of benzene rings is 1. The highest BCUT2D eigenvalue weighted by Crippen LogP contribution is 2.37. The number of phenolic OH excluding ortho intramolecular Hbond substituents is 1. The predicted molar refractivity (Wildman–Crippen MR) is 114 cm³/mol. The van der Waals surface area contributed by atoms with Crippen molar-refractivity contribution in [3.05, 3.63) is 17.7 Å². The van der Waals surface area contributed by atoms with Gasteiger partial charge in [-0.25, -0.2) is 4.99 Å². The summed E-state index contributed by atoms with van der Waals surface area (Å²) in [5.74, 6) is 1.58. The van der Waals surface area contributed by atoms with Crippen molar-refractivity contribution in [3.8, 4) is 17.2 Å². The SMILES string of the molecule is CCNC(=NCc1cc(OC)c(O)c(OC)c1)NCCCN1CCCCC1C. The number of aromatic hydroxyl groups is 1. The third-order valence-electron chi connectivity index (χ3n) is 5.16. The molecule has 1 aromatic rings. The van der Waals surface area contributed by atoms with E-state index in [-0.39, 0.29) is 5.75 Å². The van der Waals surface area contributed by atoms with Gasteiger partial charge in [0.1, 0.15) is 0 Å². The van der Waals surface area contributed by atoms with E-state index in [0.29, 0.717) is 24.1 Å². The lowest BCUT2D eigenvalue weighted by atomic mass is 10.0. The fourth-order valence-electron chi connectivity index (χ4n) is 3.53. The third-order valence-corrected chi connectivity index (χ3v) is 5.16. The Morgan fingerprint density at radius 1 is 1.21 bits per heavy atom. The van der Waals surface area contributed by atoms with Crippen LogP contribution < -0.4 is 20.1 Å². The minimum atomic E-state index is 0.00898. The van der Waals surface area contributed by atoms with Gasteiger partial charge in [0.25, 0.3) is 0 Å². The second-order valence-electron chi connectivity index (χ2n) is 7.21. The summed E-state index contributed by atoms with van der Waals surface area (Å²) in [5, 5.41) is 16.7. The minimum Gasteiger partial charge on any atom is -0.502 e. The second kappa shape index (κ2) is 11.6. The number of piperidine rings is 1. The van der Waals surface area contributed by atoms with Crippen LogP contribution in [0.2, 0.25) is 0 Å².